The molecule has 2 heterocycles. The molecule has 1 aliphatic heterocycles. The van der Waals surface area contributed by atoms with Gasteiger partial charge in [-0.1, -0.05) is 13.8 Å². The maximum absolute atomic E-state index is 5.94. The normalized spacial score (nSPS) is 16.1. The van der Waals surface area contributed by atoms with Gasteiger partial charge in [0.05, 0.1) is 9.26 Å². The summed E-state index contributed by atoms with van der Waals surface area (Å²) in [7, 11) is 0. The van der Waals surface area contributed by atoms with E-state index in [1.807, 2.05) is 0 Å². The lowest BCUT2D eigenvalue weighted by Crippen LogP contribution is -2.22. The lowest BCUT2D eigenvalue weighted by molar-refractivity contribution is 0.790. The van der Waals surface area contributed by atoms with Gasteiger partial charge in [0.1, 0.15) is 5.82 Å². The summed E-state index contributed by atoms with van der Waals surface area (Å²) in [5, 5.41) is 0. The van der Waals surface area contributed by atoms with Crippen molar-refractivity contribution in [2.45, 2.75) is 32.6 Å². The fourth-order valence-electron chi connectivity index (χ4n) is 1.91. The molecule has 1 saturated heterocycles. The molecule has 0 bridgehead atoms. The van der Waals surface area contributed by atoms with Crippen molar-refractivity contribution in [1.82, 2.24) is 9.97 Å². The van der Waals surface area contributed by atoms with Gasteiger partial charge < -0.3 is 10.6 Å². The molecule has 1 aliphatic rings. The molecule has 16 heavy (non-hydrogen) atoms. The van der Waals surface area contributed by atoms with Gasteiger partial charge in [-0.3, -0.25) is 0 Å². The van der Waals surface area contributed by atoms with Gasteiger partial charge in [-0.25, -0.2) is 4.98 Å². The number of rotatable bonds is 2. The number of hydrogen-bond donors (Lipinski definition) is 1. The molecule has 1 aromatic rings. The van der Waals surface area contributed by atoms with Crippen LogP contribution in [-0.2, 0) is 0 Å². The highest BCUT2D eigenvalue weighted by Crippen LogP contribution is 2.26. The molecule has 0 aromatic carbocycles. The SMILES string of the molecule is CC(C)c1nc(N2CCCC2)nc(N)c1I. The molecule has 2 N–H and O–H groups in total. The van der Waals surface area contributed by atoms with Gasteiger partial charge in [0.25, 0.3) is 0 Å². The van der Waals surface area contributed by atoms with Crippen LogP contribution in [0.15, 0.2) is 0 Å². The van der Waals surface area contributed by atoms with Crippen LogP contribution in [0.25, 0.3) is 0 Å². The summed E-state index contributed by atoms with van der Waals surface area (Å²) in [6.07, 6.45) is 2.46. The first-order valence-corrected chi connectivity index (χ1v) is 6.75. The summed E-state index contributed by atoms with van der Waals surface area (Å²) in [6.45, 7) is 6.38. The molecule has 0 atom stereocenters. The van der Waals surface area contributed by atoms with Crippen molar-refractivity contribution >= 4 is 34.4 Å². The largest absolute Gasteiger partial charge is 0.383 e. The van der Waals surface area contributed by atoms with Gasteiger partial charge in [0, 0.05) is 13.1 Å². The zero-order valence-corrected chi connectivity index (χ0v) is 11.9. The van der Waals surface area contributed by atoms with Crippen molar-refractivity contribution in [1.29, 1.82) is 0 Å². The number of anilines is 2. The quantitative estimate of drug-likeness (QED) is 0.845. The van der Waals surface area contributed by atoms with Crippen LogP contribution in [0.5, 0.6) is 0 Å². The number of hydrogen-bond acceptors (Lipinski definition) is 4. The summed E-state index contributed by atoms with van der Waals surface area (Å²) in [4.78, 5) is 11.2. The van der Waals surface area contributed by atoms with Crippen molar-refractivity contribution < 1.29 is 0 Å². The first-order valence-electron chi connectivity index (χ1n) is 5.67. The van der Waals surface area contributed by atoms with Gasteiger partial charge in [-0.15, -0.1) is 0 Å². The Morgan fingerprint density at radius 2 is 1.88 bits per heavy atom. The van der Waals surface area contributed by atoms with Crippen molar-refractivity contribution in [2.75, 3.05) is 23.7 Å². The standard InChI is InChI=1S/C11H17IN4/c1-7(2)9-8(12)10(13)15-11(14-9)16-5-3-4-6-16/h7H,3-6H2,1-2H3,(H2,13,14,15). The molecule has 0 radical (unpaired) electrons. The molecular formula is C11H17IN4. The van der Waals surface area contributed by atoms with Crippen LogP contribution in [0.4, 0.5) is 11.8 Å². The Morgan fingerprint density at radius 3 is 2.44 bits per heavy atom. The Labute approximate surface area is 110 Å². The zero-order valence-electron chi connectivity index (χ0n) is 9.70. The van der Waals surface area contributed by atoms with E-state index in [9.17, 15) is 0 Å². The van der Waals surface area contributed by atoms with Crippen LogP contribution >= 0.6 is 22.6 Å². The summed E-state index contributed by atoms with van der Waals surface area (Å²) in [5.41, 5.74) is 7.01. The van der Waals surface area contributed by atoms with Gasteiger partial charge in [0.2, 0.25) is 5.95 Å². The molecule has 0 aliphatic carbocycles. The van der Waals surface area contributed by atoms with Crippen molar-refractivity contribution in [3.63, 3.8) is 0 Å². The topological polar surface area (TPSA) is 55.0 Å². The predicted octanol–water partition coefficient (Wildman–Crippen LogP) is 2.39. The average molecular weight is 332 g/mol. The first-order chi connectivity index (χ1) is 7.59. The van der Waals surface area contributed by atoms with Crippen molar-refractivity contribution in [3.05, 3.63) is 9.26 Å². The second-order valence-electron chi connectivity index (χ2n) is 4.46. The van der Waals surface area contributed by atoms with E-state index >= 15 is 0 Å². The summed E-state index contributed by atoms with van der Waals surface area (Å²) in [6, 6.07) is 0. The third-order valence-electron chi connectivity index (χ3n) is 2.83. The minimum absolute atomic E-state index is 0.388. The second kappa shape index (κ2) is 4.73. The molecule has 0 saturated carbocycles. The van der Waals surface area contributed by atoms with Crippen LogP contribution in [0.3, 0.4) is 0 Å². The zero-order chi connectivity index (χ0) is 11.7. The van der Waals surface area contributed by atoms with Gasteiger partial charge in [0.15, 0.2) is 0 Å². The molecule has 5 heteroatoms. The predicted molar refractivity (Wildman–Crippen MR) is 74.7 cm³/mol. The highest BCUT2D eigenvalue weighted by Gasteiger charge is 2.19. The summed E-state index contributed by atoms with van der Waals surface area (Å²) < 4.78 is 0.996. The Kier molecular flexibility index (Phi) is 3.51. The van der Waals surface area contributed by atoms with E-state index < -0.39 is 0 Å². The van der Waals surface area contributed by atoms with Crippen LogP contribution in [0.2, 0.25) is 0 Å². The van der Waals surface area contributed by atoms with Gasteiger partial charge >= 0.3 is 0 Å². The van der Waals surface area contributed by atoms with Gasteiger partial charge in [-0.2, -0.15) is 4.98 Å². The molecule has 4 nitrogen and oxygen atoms in total. The Balaban J connectivity index is 2.39. The number of aromatic nitrogens is 2. The van der Waals surface area contributed by atoms with E-state index in [1.54, 1.807) is 0 Å². The fourth-order valence-corrected chi connectivity index (χ4v) is 2.77. The first kappa shape index (κ1) is 11.9. The van der Waals surface area contributed by atoms with Crippen LogP contribution in [-0.4, -0.2) is 23.1 Å². The molecule has 0 unspecified atom stereocenters. The Bertz CT molecular complexity index is 386. The van der Waals surface area contributed by atoms with E-state index in [-0.39, 0.29) is 0 Å². The minimum Gasteiger partial charge on any atom is -0.383 e. The van der Waals surface area contributed by atoms with E-state index in [0.717, 1.165) is 28.3 Å². The third-order valence-corrected chi connectivity index (χ3v) is 3.93. The van der Waals surface area contributed by atoms with E-state index in [0.29, 0.717) is 11.7 Å². The lowest BCUT2D eigenvalue weighted by Gasteiger charge is -2.18. The molecule has 1 aromatic heterocycles. The maximum Gasteiger partial charge on any atom is 0.227 e. The molecular weight excluding hydrogens is 315 g/mol. The number of nitrogens with two attached hydrogens (primary N) is 1. The molecule has 88 valence electrons. The van der Waals surface area contributed by atoms with Gasteiger partial charge in [-0.05, 0) is 41.4 Å². The maximum atomic E-state index is 5.94. The van der Waals surface area contributed by atoms with E-state index in [1.165, 1.54) is 12.8 Å². The minimum atomic E-state index is 0.388. The number of nitrogens with zero attached hydrogens (tertiary/aromatic N) is 3. The second-order valence-corrected chi connectivity index (χ2v) is 5.54. The summed E-state index contributed by atoms with van der Waals surface area (Å²) >= 11 is 2.23. The number of halogens is 1. The van der Waals surface area contributed by atoms with Crippen molar-refractivity contribution in [2.24, 2.45) is 0 Å². The van der Waals surface area contributed by atoms with E-state index in [2.05, 4.69) is 51.3 Å². The Hall–Kier alpha value is -0.590. The fraction of sp³-hybridized carbons (Fsp3) is 0.636. The third kappa shape index (κ3) is 2.23. The highest BCUT2D eigenvalue weighted by atomic mass is 127. The van der Waals surface area contributed by atoms with Crippen molar-refractivity contribution in [3.8, 4) is 0 Å². The van der Waals surface area contributed by atoms with Crippen LogP contribution < -0.4 is 10.6 Å². The lowest BCUT2D eigenvalue weighted by atomic mass is 10.1. The molecule has 1 fully saturated rings. The molecule has 2 rings (SSSR count). The van der Waals surface area contributed by atoms with Crippen LogP contribution in [0, 0.1) is 3.57 Å². The summed E-state index contributed by atoms with van der Waals surface area (Å²) in [5.74, 6) is 1.80. The molecule has 0 amide bonds. The van der Waals surface area contributed by atoms with Crippen LogP contribution in [0.1, 0.15) is 38.3 Å². The van der Waals surface area contributed by atoms with E-state index in [4.69, 9.17) is 5.73 Å². The molecule has 0 spiro atoms. The number of nitrogen functional groups attached to an aromatic ring is 1. The monoisotopic (exact) mass is 332 g/mol. The average Bonchev–Trinajstić information content (AvgIpc) is 2.74. The Morgan fingerprint density at radius 1 is 1.25 bits per heavy atom. The highest BCUT2D eigenvalue weighted by molar-refractivity contribution is 14.1. The smallest absolute Gasteiger partial charge is 0.227 e.